The molecule has 0 aliphatic rings. The molecule has 0 aliphatic heterocycles. The highest BCUT2D eigenvalue weighted by Crippen LogP contribution is 2.47. The lowest BCUT2D eigenvalue weighted by atomic mass is 10.1. The molecule has 0 spiro atoms. The number of aromatic nitrogens is 2. The van der Waals surface area contributed by atoms with Crippen molar-refractivity contribution >= 4 is 140 Å². The fourth-order valence-electron chi connectivity index (χ4n) is 9.13. The van der Waals surface area contributed by atoms with Gasteiger partial charge in [0.1, 0.15) is 5.65 Å². The predicted octanol–water partition coefficient (Wildman–Crippen LogP) is 10.1. The molecule has 302 valence electrons. The molecule has 0 N–H and O–H groups in total. The first-order valence-electron chi connectivity index (χ1n) is 20.9. The minimum Gasteiger partial charge on any atom is -0.292 e. The van der Waals surface area contributed by atoms with Gasteiger partial charge in [0.05, 0.1) is 16.6 Å². The van der Waals surface area contributed by atoms with Gasteiger partial charge >= 0.3 is 0 Å². The van der Waals surface area contributed by atoms with E-state index in [-0.39, 0.29) is 0 Å². The van der Waals surface area contributed by atoms with Crippen LogP contribution in [-0.4, -0.2) is 9.38 Å². The highest BCUT2D eigenvalue weighted by Gasteiger charge is 2.30. The Labute approximate surface area is 383 Å². The first kappa shape index (κ1) is 40.2. The van der Waals surface area contributed by atoms with Crippen molar-refractivity contribution in [1.82, 2.24) is 9.38 Å². The molecule has 0 amide bonds. The summed E-state index contributed by atoms with van der Waals surface area (Å²) in [7, 11) is 0. The van der Waals surface area contributed by atoms with Gasteiger partial charge in [-0.25, -0.2) is 4.98 Å². The summed E-state index contributed by atoms with van der Waals surface area (Å²) in [6.07, 6.45) is 0. The normalized spacial score (nSPS) is 12.3. The van der Waals surface area contributed by atoms with Crippen LogP contribution in [0, 0.1) is 0 Å². The van der Waals surface area contributed by atoms with E-state index in [9.17, 15) is 0 Å². The molecule has 11 rings (SSSR count). The van der Waals surface area contributed by atoms with E-state index < -0.39 is 18.1 Å². The minimum absolute atomic E-state index is 0.890. The van der Waals surface area contributed by atoms with E-state index in [1.54, 1.807) is 0 Å². The van der Waals surface area contributed by atoms with Gasteiger partial charge in [-0.3, -0.25) is 4.40 Å². The highest BCUT2D eigenvalue weighted by atomic mass is 32.4. The van der Waals surface area contributed by atoms with E-state index in [1.165, 1.54) is 0 Å². The lowest BCUT2D eigenvalue weighted by Crippen LogP contribution is -2.25. The fourth-order valence-corrected chi connectivity index (χ4v) is 20.4. The van der Waals surface area contributed by atoms with E-state index >= 15 is 0 Å². The number of hydrogen-bond acceptors (Lipinski definition) is 4. The summed E-state index contributed by atoms with van der Waals surface area (Å²) in [6, 6.07) is 76.9. The molecule has 0 aliphatic carbocycles. The summed E-state index contributed by atoms with van der Waals surface area (Å²) < 4.78 is 2.36. The summed E-state index contributed by atoms with van der Waals surface area (Å²) in [5.41, 5.74) is 3.88. The quantitative estimate of drug-likeness (QED) is 0.106. The molecule has 0 radical (unpaired) electrons. The highest BCUT2D eigenvalue weighted by molar-refractivity contribution is 8.26. The Hall–Kier alpha value is -5.60. The van der Waals surface area contributed by atoms with Crippen LogP contribution in [0.5, 0.6) is 0 Å². The number of nitrogens with zero attached hydrogens (tertiary/aromatic N) is 2. The molecule has 2 aromatic heterocycles. The first-order chi connectivity index (χ1) is 30.9. The maximum absolute atomic E-state index is 6.96. The van der Waals surface area contributed by atoms with Gasteiger partial charge in [0, 0.05) is 28.9 Å². The van der Waals surface area contributed by atoms with Gasteiger partial charge in [-0.1, -0.05) is 242 Å². The van der Waals surface area contributed by atoms with Crippen LogP contribution in [-0.2, 0) is 35.4 Å². The zero-order valence-electron chi connectivity index (χ0n) is 34.0. The smallest absolute Gasteiger partial charge is 0.146 e. The number of rotatable bonds is 9. The number of benzene rings is 9. The van der Waals surface area contributed by atoms with Gasteiger partial charge in [-0.15, -0.1) is 0 Å². The van der Waals surface area contributed by atoms with Crippen molar-refractivity contribution in [3.63, 3.8) is 0 Å². The summed E-state index contributed by atoms with van der Waals surface area (Å²) in [6.45, 7) is 0. The van der Waals surface area contributed by atoms with Crippen molar-refractivity contribution < 1.29 is 0 Å². The van der Waals surface area contributed by atoms with Gasteiger partial charge in [0.15, 0.2) is 0 Å². The molecular weight excluding hydrogens is 878 g/mol. The van der Waals surface area contributed by atoms with E-state index in [2.05, 4.69) is 241 Å². The van der Waals surface area contributed by atoms with Gasteiger partial charge in [-0.05, 0) is 83.5 Å². The predicted molar refractivity (Wildman–Crippen MR) is 286 cm³/mol. The Bertz CT molecular complexity index is 3510. The molecular formula is C55H39N2P3S3. The monoisotopic (exact) mass is 916 g/mol. The second-order valence-electron chi connectivity index (χ2n) is 15.7. The van der Waals surface area contributed by atoms with Crippen LogP contribution < -0.4 is 47.7 Å². The molecule has 2 heterocycles. The second-order valence-corrected chi connectivity index (χ2v) is 28.9. The standard InChI is InChI=1S/C55H39N2P3S3/c61-58(40-19-7-1-8-20-40,41-21-9-2-10-22-41)46-32-35-50-51(37-46)49-34-31-48(60(63,44-27-15-5-16-28-44)45-29-17-6-18-30-45)39-54(49)57-53-36-33-47(38-52(53)56-55(50)57)59(62,42-23-11-3-12-24-42)43-25-13-4-14-26-43/h1-39H. The van der Waals surface area contributed by atoms with Crippen molar-refractivity contribution in [1.29, 1.82) is 0 Å². The van der Waals surface area contributed by atoms with Gasteiger partial charge in [0.25, 0.3) is 0 Å². The first-order valence-corrected chi connectivity index (χ1v) is 29.3. The lowest BCUT2D eigenvalue weighted by Gasteiger charge is -2.26. The fraction of sp³-hybridized carbons (Fsp3) is 0. The zero-order chi connectivity index (χ0) is 42.6. The van der Waals surface area contributed by atoms with Crippen molar-refractivity contribution in [3.8, 4) is 0 Å². The third-order valence-corrected chi connectivity index (χ3v) is 27.1. The zero-order valence-corrected chi connectivity index (χ0v) is 39.1. The summed E-state index contributed by atoms with van der Waals surface area (Å²) >= 11 is 20.7. The largest absolute Gasteiger partial charge is 0.292 e. The number of imidazole rings is 1. The van der Waals surface area contributed by atoms with Crippen molar-refractivity contribution in [2.75, 3.05) is 0 Å². The van der Waals surface area contributed by atoms with Gasteiger partial charge in [0.2, 0.25) is 0 Å². The number of hydrogen-bond donors (Lipinski definition) is 0. The van der Waals surface area contributed by atoms with E-state index in [0.29, 0.717) is 0 Å². The molecule has 0 atom stereocenters. The molecule has 63 heavy (non-hydrogen) atoms. The van der Waals surface area contributed by atoms with Crippen LogP contribution in [0.25, 0.3) is 38.4 Å². The Morgan fingerprint density at radius 3 is 1.02 bits per heavy atom. The molecule has 0 saturated heterocycles. The summed E-state index contributed by atoms with van der Waals surface area (Å²) in [5, 5.41) is 13.6. The molecule has 9 aromatic carbocycles. The van der Waals surface area contributed by atoms with Crippen molar-refractivity contribution in [2.24, 2.45) is 0 Å². The topological polar surface area (TPSA) is 17.3 Å². The Morgan fingerprint density at radius 2 is 0.619 bits per heavy atom. The molecule has 2 nitrogen and oxygen atoms in total. The molecule has 0 fully saturated rings. The summed E-state index contributed by atoms with van der Waals surface area (Å²) in [5.74, 6) is 0. The Morgan fingerprint density at radius 1 is 0.286 bits per heavy atom. The lowest BCUT2D eigenvalue weighted by molar-refractivity contribution is 1.32. The van der Waals surface area contributed by atoms with Gasteiger partial charge < -0.3 is 0 Å². The third kappa shape index (κ3) is 6.57. The van der Waals surface area contributed by atoms with E-state index in [0.717, 1.165) is 86.1 Å². The van der Waals surface area contributed by atoms with Crippen molar-refractivity contribution in [3.05, 3.63) is 237 Å². The van der Waals surface area contributed by atoms with Crippen LogP contribution in [0.3, 0.4) is 0 Å². The molecule has 11 aromatic rings. The molecule has 8 heteroatoms. The number of pyridine rings is 1. The Kier molecular flexibility index (Phi) is 10.3. The maximum atomic E-state index is 6.96. The van der Waals surface area contributed by atoms with Gasteiger partial charge in [-0.2, -0.15) is 0 Å². The van der Waals surface area contributed by atoms with Crippen LogP contribution >= 0.6 is 18.1 Å². The molecule has 0 saturated carbocycles. The third-order valence-electron chi connectivity index (χ3n) is 12.2. The maximum Gasteiger partial charge on any atom is 0.146 e. The molecule has 0 bridgehead atoms. The van der Waals surface area contributed by atoms with Crippen LogP contribution in [0.2, 0.25) is 0 Å². The molecule has 0 unspecified atom stereocenters. The second kappa shape index (κ2) is 16.2. The summed E-state index contributed by atoms with van der Waals surface area (Å²) in [4.78, 5) is 5.57. The number of fused-ring (bicyclic) bond motifs is 8. The SMILES string of the molecule is S=P(c1ccccc1)(c1ccccc1)c1ccc2c(c1)nc1c3ccc(P(=S)(c4ccccc4)c4ccccc4)cc3c3ccc(P(=S)(c4ccccc4)c4ccccc4)cc3n21. The average Bonchev–Trinajstić information content (AvgIpc) is 3.76. The average molecular weight is 917 g/mol. The Balaban J connectivity index is 1.23. The van der Waals surface area contributed by atoms with Crippen LogP contribution in [0.15, 0.2) is 237 Å². The van der Waals surface area contributed by atoms with E-state index in [1.807, 2.05) is 0 Å². The minimum atomic E-state index is -2.50. The van der Waals surface area contributed by atoms with E-state index in [4.69, 9.17) is 40.4 Å². The van der Waals surface area contributed by atoms with Crippen molar-refractivity contribution in [2.45, 2.75) is 0 Å². The van der Waals surface area contributed by atoms with Crippen LogP contribution in [0.1, 0.15) is 0 Å². The van der Waals surface area contributed by atoms with Crippen LogP contribution in [0.4, 0.5) is 0 Å².